The van der Waals surface area contributed by atoms with Crippen LogP contribution in [0, 0.1) is 6.92 Å². The Morgan fingerprint density at radius 2 is 1.50 bits per heavy atom. The minimum absolute atomic E-state index is 0.206. The molecule has 0 aliphatic carbocycles. The smallest absolute Gasteiger partial charge is 0.312 e. The number of anilines is 1. The molecule has 1 aliphatic heterocycles. The lowest BCUT2D eigenvalue weighted by Gasteiger charge is -2.33. The summed E-state index contributed by atoms with van der Waals surface area (Å²) in [5.41, 5.74) is 2.57. The van der Waals surface area contributed by atoms with Gasteiger partial charge >= 0.3 is 11.8 Å². The highest BCUT2D eigenvalue weighted by Gasteiger charge is 2.33. The molecule has 1 heterocycles. The van der Waals surface area contributed by atoms with Crippen LogP contribution in [0.15, 0.2) is 42.5 Å². The van der Waals surface area contributed by atoms with Gasteiger partial charge in [-0.25, -0.2) is 0 Å². The van der Waals surface area contributed by atoms with Crippen LogP contribution in [-0.4, -0.2) is 61.4 Å². The number of piperazine rings is 1. The first-order chi connectivity index (χ1) is 14.4. The molecule has 0 atom stereocenters. The highest BCUT2D eigenvalue weighted by atomic mass is 16.5. The van der Waals surface area contributed by atoms with Crippen molar-refractivity contribution in [1.82, 2.24) is 9.80 Å². The first-order valence-electron chi connectivity index (χ1n) is 9.56. The van der Waals surface area contributed by atoms with Gasteiger partial charge in [-0.15, -0.1) is 0 Å². The molecule has 3 amide bonds. The Kier molecular flexibility index (Phi) is 6.56. The van der Waals surface area contributed by atoms with Crippen molar-refractivity contribution < 1.29 is 23.9 Å². The molecule has 1 saturated heterocycles. The second-order valence-electron chi connectivity index (χ2n) is 7.09. The molecule has 1 fully saturated rings. The first kappa shape index (κ1) is 21.2. The van der Waals surface area contributed by atoms with Gasteiger partial charge in [-0.3, -0.25) is 14.4 Å². The molecule has 2 aromatic carbocycles. The van der Waals surface area contributed by atoms with Gasteiger partial charge in [0.15, 0.2) is 0 Å². The van der Waals surface area contributed by atoms with Crippen molar-refractivity contribution in [1.29, 1.82) is 0 Å². The van der Waals surface area contributed by atoms with Crippen molar-refractivity contribution in [2.45, 2.75) is 13.5 Å². The van der Waals surface area contributed by atoms with Crippen molar-refractivity contribution in [3.8, 4) is 11.5 Å². The zero-order valence-corrected chi connectivity index (χ0v) is 17.3. The molecule has 0 saturated carbocycles. The molecule has 8 heteroatoms. The summed E-state index contributed by atoms with van der Waals surface area (Å²) in [5.74, 6) is -0.621. The molecule has 0 radical (unpaired) electrons. The zero-order chi connectivity index (χ0) is 21.7. The summed E-state index contributed by atoms with van der Waals surface area (Å²) in [7, 11) is 3.03. The lowest BCUT2D eigenvalue weighted by atomic mass is 10.1. The lowest BCUT2D eigenvalue weighted by molar-refractivity contribution is -0.157. The number of methoxy groups -OCH3 is 2. The molecule has 0 unspecified atom stereocenters. The predicted octanol–water partition coefficient (Wildman–Crippen LogP) is 1.82. The molecule has 1 aliphatic rings. The van der Waals surface area contributed by atoms with Crippen LogP contribution in [0.1, 0.15) is 11.1 Å². The third-order valence-electron chi connectivity index (χ3n) is 4.86. The first-order valence-corrected chi connectivity index (χ1v) is 9.56. The van der Waals surface area contributed by atoms with E-state index < -0.39 is 17.7 Å². The van der Waals surface area contributed by atoms with E-state index in [1.165, 1.54) is 24.0 Å². The Hall–Kier alpha value is -3.55. The third kappa shape index (κ3) is 5.08. The average Bonchev–Trinajstić information content (AvgIpc) is 2.74. The normalized spacial score (nSPS) is 14.0. The topological polar surface area (TPSA) is 88.2 Å². The Balaban J connectivity index is 1.59. The number of ether oxygens (including phenoxy) is 2. The predicted molar refractivity (Wildman–Crippen MR) is 111 cm³/mol. The molecule has 0 aromatic heterocycles. The third-order valence-corrected chi connectivity index (χ3v) is 4.86. The second kappa shape index (κ2) is 9.30. The minimum Gasteiger partial charge on any atom is -0.497 e. The summed E-state index contributed by atoms with van der Waals surface area (Å²) in [6.07, 6.45) is 0. The van der Waals surface area contributed by atoms with Crippen LogP contribution in [-0.2, 0) is 20.9 Å². The fourth-order valence-electron chi connectivity index (χ4n) is 3.18. The minimum atomic E-state index is -0.674. The molecule has 8 nitrogen and oxygen atoms in total. The zero-order valence-electron chi connectivity index (χ0n) is 17.3. The van der Waals surface area contributed by atoms with E-state index in [0.717, 1.165) is 11.1 Å². The van der Waals surface area contributed by atoms with Gasteiger partial charge in [0.2, 0.25) is 5.91 Å². The number of carbonyl (C=O) groups excluding carboxylic acids is 3. The Labute approximate surface area is 175 Å². The number of carbonyl (C=O) groups is 3. The van der Waals surface area contributed by atoms with Crippen molar-refractivity contribution in [2.24, 2.45) is 0 Å². The van der Waals surface area contributed by atoms with Crippen LogP contribution in [0.4, 0.5) is 5.69 Å². The number of nitrogens with one attached hydrogen (secondary N) is 1. The molecule has 30 heavy (non-hydrogen) atoms. The highest BCUT2D eigenvalue weighted by molar-refractivity contribution is 6.35. The van der Waals surface area contributed by atoms with Crippen molar-refractivity contribution >= 4 is 23.4 Å². The van der Waals surface area contributed by atoms with Crippen molar-refractivity contribution in [3.63, 3.8) is 0 Å². The van der Waals surface area contributed by atoms with Gasteiger partial charge in [-0.05, 0) is 12.5 Å². The fraction of sp³-hybridized carbons (Fsp3) is 0.318. The van der Waals surface area contributed by atoms with Gasteiger partial charge in [0.1, 0.15) is 18.0 Å². The quantitative estimate of drug-likeness (QED) is 0.703. The summed E-state index contributed by atoms with van der Waals surface area (Å²) in [6, 6.07) is 12.8. The number of amides is 3. The SMILES string of the molecule is COc1cc(NC(=O)CN2CCN(Cc3ccc(C)cc3)C(=O)C2=O)cc(OC)c1. The largest absolute Gasteiger partial charge is 0.497 e. The summed E-state index contributed by atoms with van der Waals surface area (Å²) < 4.78 is 10.4. The van der Waals surface area contributed by atoms with E-state index in [1.54, 1.807) is 18.2 Å². The van der Waals surface area contributed by atoms with Crippen LogP contribution < -0.4 is 14.8 Å². The molecule has 158 valence electrons. The number of aryl methyl sites for hydroxylation is 1. The fourth-order valence-corrected chi connectivity index (χ4v) is 3.18. The Bertz CT molecular complexity index is 920. The maximum Gasteiger partial charge on any atom is 0.312 e. The number of benzene rings is 2. The van der Waals surface area contributed by atoms with E-state index in [-0.39, 0.29) is 6.54 Å². The number of hydrogen-bond donors (Lipinski definition) is 1. The maximum atomic E-state index is 12.5. The van der Waals surface area contributed by atoms with Gasteiger partial charge in [0.05, 0.1) is 14.2 Å². The van der Waals surface area contributed by atoms with E-state index in [1.807, 2.05) is 31.2 Å². The average molecular weight is 411 g/mol. The molecule has 1 N–H and O–H groups in total. The van der Waals surface area contributed by atoms with E-state index in [9.17, 15) is 14.4 Å². The maximum absolute atomic E-state index is 12.5. The van der Waals surface area contributed by atoms with Crippen molar-refractivity contribution in [3.05, 3.63) is 53.6 Å². The van der Waals surface area contributed by atoms with Crippen LogP contribution in [0.25, 0.3) is 0 Å². The van der Waals surface area contributed by atoms with E-state index in [2.05, 4.69) is 5.32 Å². The molecule has 2 aromatic rings. The van der Waals surface area contributed by atoms with Gasteiger partial charge in [-0.1, -0.05) is 29.8 Å². The Morgan fingerprint density at radius 1 is 0.933 bits per heavy atom. The molecular weight excluding hydrogens is 386 g/mol. The van der Waals surface area contributed by atoms with Crippen LogP contribution in [0.5, 0.6) is 11.5 Å². The summed E-state index contributed by atoms with van der Waals surface area (Å²) >= 11 is 0. The van der Waals surface area contributed by atoms with Crippen molar-refractivity contribution in [2.75, 3.05) is 39.2 Å². The second-order valence-corrected chi connectivity index (χ2v) is 7.09. The molecule has 3 rings (SSSR count). The lowest BCUT2D eigenvalue weighted by Crippen LogP contribution is -2.55. The monoisotopic (exact) mass is 411 g/mol. The standard InChI is InChI=1S/C22H25N3O5/c1-15-4-6-16(7-5-15)13-24-8-9-25(22(28)21(24)27)14-20(26)23-17-10-18(29-2)12-19(11-17)30-3/h4-7,10-12H,8-9,13-14H2,1-3H3,(H,23,26). The van der Waals surface area contributed by atoms with Crippen LogP contribution in [0.3, 0.4) is 0 Å². The number of rotatable bonds is 7. The summed E-state index contributed by atoms with van der Waals surface area (Å²) in [6.45, 7) is 2.82. The van der Waals surface area contributed by atoms with Gasteiger partial charge in [-0.2, -0.15) is 0 Å². The van der Waals surface area contributed by atoms with E-state index in [4.69, 9.17) is 9.47 Å². The molecule has 0 spiro atoms. The molecular formula is C22H25N3O5. The Morgan fingerprint density at radius 3 is 2.10 bits per heavy atom. The summed E-state index contributed by atoms with van der Waals surface area (Å²) in [5, 5.41) is 2.71. The molecule has 0 bridgehead atoms. The van der Waals surface area contributed by atoms with E-state index in [0.29, 0.717) is 36.8 Å². The van der Waals surface area contributed by atoms with Gasteiger partial charge < -0.3 is 24.6 Å². The van der Waals surface area contributed by atoms with Gasteiger partial charge in [0, 0.05) is 43.5 Å². The number of hydrogen-bond acceptors (Lipinski definition) is 5. The summed E-state index contributed by atoms with van der Waals surface area (Å²) in [4.78, 5) is 40.2. The number of nitrogens with zero attached hydrogens (tertiary/aromatic N) is 2. The van der Waals surface area contributed by atoms with Gasteiger partial charge in [0.25, 0.3) is 0 Å². The highest BCUT2D eigenvalue weighted by Crippen LogP contribution is 2.25. The van der Waals surface area contributed by atoms with E-state index >= 15 is 0 Å². The van der Waals surface area contributed by atoms with Crippen LogP contribution >= 0.6 is 0 Å². The van der Waals surface area contributed by atoms with Crippen LogP contribution in [0.2, 0.25) is 0 Å².